The van der Waals surface area contributed by atoms with Gasteiger partial charge >= 0.3 is 24.3 Å². The minimum absolute atomic E-state index is 0.0220. The van der Waals surface area contributed by atoms with Gasteiger partial charge in [0.2, 0.25) is 0 Å². The zero-order valence-corrected chi connectivity index (χ0v) is 27.0. The van der Waals surface area contributed by atoms with Gasteiger partial charge in [0, 0.05) is 17.6 Å². The number of ether oxygens (including phenoxy) is 3. The molecule has 2 atom stereocenters. The molecule has 0 bridgehead atoms. The van der Waals surface area contributed by atoms with Crippen molar-refractivity contribution in [2.75, 3.05) is 44.1 Å². The highest BCUT2D eigenvalue weighted by Gasteiger charge is 2.33. The Morgan fingerprint density at radius 3 is 2.44 bits per heavy atom. The Bertz CT molecular complexity index is 1740. The van der Waals surface area contributed by atoms with Crippen molar-refractivity contribution in [1.29, 1.82) is 0 Å². The van der Waals surface area contributed by atoms with Gasteiger partial charge in [-0.05, 0) is 69.5 Å². The second kappa shape index (κ2) is 14.3. The maximum Gasteiger partial charge on any atom is 0.415 e. The number of anilines is 2. The van der Waals surface area contributed by atoms with Crippen LogP contribution in [-0.2, 0) is 16.0 Å². The summed E-state index contributed by atoms with van der Waals surface area (Å²) in [5.41, 5.74) is -0.0476. The number of rotatable bonds is 7. The molecule has 0 spiro atoms. The van der Waals surface area contributed by atoms with Gasteiger partial charge in [0.25, 0.3) is 0 Å². The van der Waals surface area contributed by atoms with E-state index in [4.69, 9.17) is 14.2 Å². The molecule has 15 heteroatoms. The SMILES string of the molecule is COC(=O)c1ccc(N(CC#Cc2cc3c(NC4CCN(C(=O)O)CC4F)cccc3n2CC(F)(F)F)C(=O)OC(C)(C)C)c(OC)c1. The monoisotopic (exact) mass is 676 g/mol. The first kappa shape index (κ1) is 35.7. The molecule has 1 aromatic heterocycles. The van der Waals surface area contributed by atoms with Crippen molar-refractivity contribution in [3.63, 3.8) is 0 Å². The maximum atomic E-state index is 14.9. The topological polar surface area (TPSA) is 123 Å². The zero-order chi connectivity index (χ0) is 35.4. The maximum absolute atomic E-state index is 14.9. The smallest absolute Gasteiger partial charge is 0.415 e. The summed E-state index contributed by atoms with van der Waals surface area (Å²) >= 11 is 0. The summed E-state index contributed by atoms with van der Waals surface area (Å²) in [7, 11) is 2.55. The van der Waals surface area contributed by atoms with Crippen LogP contribution in [0.15, 0.2) is 42.5 Å². The van der Waals surface area contributed by atoms with Gasteiger partial charge in [-0.3, -0.25) is 4.90 Å². The van der Waals surface area contributed by atoms with Crippen LogP contribution in [0, 0.1) is 11.8 Å². The molecule has 1 aliphatic heterocycles. The van der Waals surface area contributed by atoms with E-state index in [0.29, 0.717) is 11.1 Å². The number of carbonyl (C=O) groups is 3. The number of piperidine rings is 1. The largest absolute Gasteiger partial charge is 0.495 e. The van der Waals surface area contributed by atoms with Crippen molar-refractivity contribution >= 4 is 40.4 Å². The molecule has 0 aliphatic carbocycles. The molecule has 48 heavy (non-hydrogen) atoms. The Morgan fingerprint density at radius 2 is 1.83 bits per heavy atom. The van der Waals surface area contributed by atoms with Crippen molar-refractivity contribution in [3.8, 4) is 17.6 Å². The molecule has 4 rings (SSSR count). The van der Waals surface area contributed by atoms with Gasteiger partial charge in [0.15, 0.2) is 0 Å². The molecule has 2 N–H and O–H groups in total. The quantitative estimate of drug-likeness (QED) is 0.170. The molecule has 2 unspecified atom stereocenters. The Morgan fingerprint density at radius 1 is 1.10 bits per heavy atom. The van der Waals surface area contributed by atoms with Crippen molar-refractivity contribution in [1.82, 2.24) is 9.47 Å². The van der Waals surface area contributed by atoms with Crippen molar-refractivity contribution in [2.45, 2.75) is 57.7 Å². The first-order valence-electron chi connectivity index (χ1n) is 14.8. The lowest BCUT2D eigenvalue weighted by atomic mass is 10.0. The van der Waals surface area contributed by atoms with Crippen LogP contribution < -0.4 is 15.0 Å². The fourth-order valence-electron chi connectivity index (χ4n) is 5.22. The Balaban J connectivity index is 1.72. The highest BCUT2D eigenvalue weighted by Crippen LogP contribution is 2.33. The van der Waals surface area contributed by atoms with Crippen LogP contribution in [0.3, 0.4) is 0 Å². The number of likely N-dealkylation sites (tertiary alicyclic amines) is 1. The normalized spacial score (nSPS) is 16.5. The van der Waals surface area contributed by atoms with Gasteiger partial charge < -0.3 is 34.1 Å². The Hall–Kier alpha value is -5.13. The summed E-state index contributed by atoms with van der Waals surface area (Å²) in [4.78, 5) is 38.8. The third-order valence-electron chi connectivity index (χ3n) is 7.40. The number of benzene rings is 2. The van der Waals surface area contributed by atoms with Gasteiger partial charge in [-0.15, -0.1) is 0 Å². The van der Waals surface area contributed by atoms with E-state index in [9.17, 15) is 37.1 Å². The number of amides is 2. The van der Waals surface area contributed by atoms with Gasteiger partial charge in [-0.2, -0.15) is 13.2 Å². The van der Waals surface area contributed by atoms with Crippen molar-refractivity contribution in [2.24, 2.45) is 0 Å². The first-order valence-corrected chi connectivity index (χ1v) is 14.8. The third kappa shape index (κ3) is 8.61. The number of carboxylic acid groups (broad SMARTS) is 1. The van der Waals surface area contributed by atoms with Crippen LogP contribution in [0.25, 0.3) is 10.9 Å². The van der Waals surface area contributed by atoms with E-state index in [-0.39, 0.29) is 54.3 Å². The molecule has 2 heterocycles. The second-order valence-electron chi connectivity index (χ2n) is 12.0. The fourth-order valence-corrected chi connectivity index (χ4v) is 5.22. The van der Waals surface area contributed by atoms with E-state index >= 15 is 0 Å². The summed E-state index contributed by atoms with van der Waals surface area (Å²) in [6.07, 6.45) is -8.05. The van der Waals surface area contributed by atoms with E-state index in [2.05, 4.69) is 17.2 Å². The van der Waals surface area contributed by atoms with Crippen LogP contribution in [0.5, 0.6) is 5.75 Å². The third-order valence-corrected chi connectivity index (χ3v) is 7.40. The average Bonchev–Trinajstić information content (AvgIpc) is 3.35. The van der Waals surface area contributed by atoms with E-state index in [1.807, 2.05) is 0 Å². The number of alkyl halides is 4. The molecule has 2 amide bonds. The number of esters is 1. The number of nitrogens with one attached hydrogen (secondary N) is 1. The fraction of sp³-hybridized carbons (Fsp3) is 0.424. The van der Waals surface area contributed by atoms with Gasteiger partial charge in [0.1, 0.15) is 24.1 Å². The predicted octanol–water partition coefficient (Wildman–Crippen LogP) is 6.29. The lowest BCUT2D eigenvalue weighted by Gasteiger charge is -2.34. The number of halogens is 4. The van der Waals surface area contributed by atoms with Crippen LogP contribution >= 0.6 is 0 Å². The summed E-state index contributed by atoms with van der Waals surface area (Å²) in [5, 5.41) is 12.6. The number of hydrogen-bond acceptors (Lipinski definition) is 7. The lowest BCUT2D eigenvalue weighted by molar-refractivity contribution is -0.140. The van der Waals surface area contributed by atoms with Crippen LogP contribution in [0.2, 0.25) is 0 Å². The molecule has 0 saturated carbocycles. The first-order chi connectivity index (χ1) is 22.5. The number of fused-ring (bicyclic) bond motifs is 1. The molecule has 11 nitrogen and oxygen atoms in total. The Kier molecular flexibility index (Phi) is 10.7. The molecule has 1 saturated heterocycles. The highest BCUT2D eigenvalue weighted by atomic mass is 19.4. The second-order valence-corrected chi connectivity index (χ2v) is 12.0. The van der Waals surface area contributed by atoms with Gasteiger partial charge in [-0.1, -0.05) is 12.0 Å². The van der Waals surface area contributed by atoms with E-state index < -0.39 is 48.7 Å². The summed E-state index contributed by atoms with van der Waals surface area (Å²) < 4.78 is 73.0. The summed E-state index contributed by atoms with van der Waals surface area (Å²) in [6, 6.07) is 9.51. The van der Waals surface area contributed by atoms with Crippen LogP contribution in [0.4, 0.5) is 38.5 Å². The summed E-state index contributed by atoms with van der Waals surface area (Å²) in [5.74, 6) is 5.01. The molecule has 0 radical (unpaired) electrons. The number of nitrogens with zero attached hydrogens (tertiary/aromatic N) is 3. The van der Waals surface area contributed by atoms with E-state index in [0.717, 1.165) is 14.4 Å². The number of hydrogen-bond donors (Lipinski definition) is 2. The van der Waals surface area contributed by atoms with E-state index in [1.165, 1.54) is 50.6 Å². The lowest BCUT2D eigenvalue weighted by Crippen LogP contribution is -2.49. The molecule has 1 aliphatic rings. The standard InChI is InChI=1S/C33H36F4N4O7/c1-32(2,3)48-31(45)40(27-12-11-20(29(42)47-5)16-28(27)46-4)14-7-8-21-17-22-24(9-6-10-26(22)41(21)19-33(35,36)37)38-25-13-15-39(30(43)44)18-23(25)34/h6,9-12,16-17,23,25,38H,13-15,18-19H2,1-5H3,(H,43,44). The Labute approximate surface area is 274 Å². The van der Waals surface area contributed by atoms with Crippen molar-refractivity contribution in [3.05, 3.63) is 53.7 Å². The molecular formula is C33H36F4N4O7. The minimum atomic E-state index is -4.61. The highest BCUT2D eigenvalue weighted by molar-refractivity contribution is 5.95. The number of methoxy groups -OCH3 is 2. The molecule has 1 fully saturated rings. The summed E-state index contributed by atoms with van der Waals surface area (Å²) in [6.45, 7) is 3.04. The molecule has 3 aromatic rings. The number of carbonyl (C=O) groups excluding carboxylic acids is 2. The van der Waals surface area contributed by atoms with Crippen molar-refractivity contribution < 1.29 is 51.3 Å². The molecule has 258 valence electrons. The zero-order valence-electron chi connectivity index (χ0n) is 27.0. The van der Waals surface area contributed by atoms with Gasteiger partial charge in [-0.25, -0.2) is 18.8 Å². The number of aromatic nitrogens is 1. The van der Waals surface area contributed by atoms with Crippen LogP contribution in [0.1, 0.15) is 43.2 Å². The average molecular weight is 677 g/mol. The minimum Gasteiger partial charge on any atom is -0.495 e. The molecular weight excluding hydrogens is 640 g/mol. The van der Waals surface area contributed by atoms with Crippen LogP contribution in [-0.4, -0.2) is 90.6 Å². The molecule has 2 aromatic carbocycles. The van der Waals surface area contributed by atoms with Gasteiger partial charge in [0.05, 0.1) is 55.8 Å². The van der Waals surface area contributed by atoms with E-state index in [1.54, 1.807) is 26.8 Å². The predicted molar refractivity (Wildman–Crippen MR) is 169 cm³/mol.